The van der Waals surface area contributed by atoms with Gasteiger partial charge in [-0.1, -0.05) is 31.1 Å². The van der Waals surface area contributed by atoms with Crippen molar-refractivity contribution in [3.8, 4) is 11.1 Å². The molecule has 0 spiro atoms. The minimum atomic E-state index is -4.39. The molecule has 1 aromatic heterocycles. The van der Waals surface area contributed by atoms with Gasteiger partial charge < -0.3 is 10.3 Å². The molecule has 0 bridgehead atoms. The predicted molar refractivity (Wildman–Crippen MR) is 65.4 cm³/mol. The van der Waals surface area contributed by atoms with Crippen LogP contribution < -0.4 is 5.73 Å². The number of hydrogen-bond donors (Lipinski definition) is 1. The fourth-order valence-electron chi connectivity index (χ4n) is 1.85. The molecule has 19 heavy (non-hydrogen) atoms. The summed E-state index contributed by atoms with van der Waals surface area (Å²) in [4.78, 5) is 0. The van der Waals surface area contributed by atoms with Crippen LogP contribution in [0.5, 0.6) is 0 Å². The average molecular weight is 270 g/mol. The van der Waals surface area contributed by atoms with E-state index < -0.39 is 11.7 Å². The van der Waals surface area contributed by atoms with E-state index >= 15 is 0 Å². The Kier molecular flexibility index (Phi) is 3.26. The maximum absolute atomic E-state index is 12.7. The summed E-state index contributed by atoms with van der Waals surface area (Å²) in [6.45, 7) is 3.72. The Balaban J connectivity index is 2.57. The van der Waals surface area contributed by atoms with Crippen LogP contribution in [-0.2, 0) is 6.18 Å². The molecule has 0 amide bonds. The molecule has 3 nitrogen and oxygen atoms in total. The van der Waals surface area contributed by atoms with Gasteiger partial charge >= 0.3 is 6.18 Å². The fourth-order valence-corrected chi connectivity index (χ4v) is 1.85. The third-order valence-corrected chi connectivity index (χ3v) is 2.75. The second-order valence-electron chi connectivity index (χ2n) is 4.54. The molecule has 102 valence electrons. The van der Waals surface area contributed by atoms with E-state index in [1.807, 2.05) is 13.8 Å². The SMILES string of the molecule is CC(C)c1onc(N)c1-c1cccc(C(F)(F)F)c1. The van der Waals surface area contributed by atoms with Crippen molar-refractivity contribution in [2.45, 2.75) is 25.9 Å². The first kappa shape index (κ1) is 13.5. The van der Waals surface area contributed by atoms with Gasteiger partial charge in [-0.3, -0.25) is 0 Å². The Labute approximate surface area is 108 Å². The lowest BCUT2D eigenvalue weighted by Crippen LogP contribution is -2.04. The molecule has 0 saturated heterocycles. The number of nitrogen functional groups attached to an aromatic ring is 1. The Hall–Kier alpha value is -1.98. The van der Waals surface area contributed by atoms with Crippen molar-refractivity contribution < 1.29 is 17.7 Å². The van der Waals surface area contributed by atoms with E-state index in [1.54, 1.807) is 6.07 Å². The van der Waals surface area contributed by atoms with Gasteiger partial charge in [0.05, 0.1) is 11.1 Å². The molecule has 2 rings (SSSR count). The van der Waals surface area contributed by atoms with E-state index in [0.29, 0.717) is 16.9 Å². The molecule has 1 heterocycles. The van der Waals surface area contributed by atoms with Crippen LogP contribution in [-0.4, -0.2) is 5.16 Å². The second-order valence-corrected chi connectivity index (χ2v) is 4.54. The molecule has 0 aliphatic rings. The minimum Gasteiger partial charge on any atom is -0.380 e. The van der Waals surface area contributed by atoms with Gasteiger partial charge in [0.2, 0.25) is 0 Å². The summed E-state index contributed by atoms with van der Waals surface area (Å²) in [5.74, 6) is 0.564. The number of alkyl halides is 3. The van der Waals surface area contributed by atoms with Crippen molar-refractivity contribution in [2.75, 3.05) is 5.73 Å². The quantitative estimate of drug-likeness (QED) is 0.895. The van der Waals surface area contributed by atoms with Crippen molar-refractivity contribution in [3.63, 3.8) is 0 Å². The molecule has 0 radical (unpaired) electrons. The summed E-state index contributed by atoms with van der Waals surface area (Å²) in [5.41, 5.74) is 5.75. The standard InChI is InChI=1S/C13H13F3N2O/c1-7(2)11-10(12(17)18-19-11)8-4-3-5-9(6-8)13(14,15)16/h3-7H,1-2H3,(H2,17,18). The highest BCUT2D eigenvalue weighted by molar-refractivity contribution is 5.76. The summed E-state index contributed by atoms with van der Waals surface area (Å²) in [6.07, 6.45) is -4.39. The molecular weight excluding hydrogens is 257 g/mol. The zero-order valence-electron chi connectivity index (χ0n) is 10.5. The van der Waals surface area contributed by atoms with Crippen molar-refractivity contribution >= 4 is 5.82 Å². The van der Waals surface area contributed by atoms with Crippen LogP contribution in [0, 0.1) is 0 Å². The minimum absolute atomic E-state index is 0.0191. The van der Waals surface area contributed by atoms with Crippen LogP contribution in [0.4, 0.5) is 19.0 Å². The van der Waals surface area contributed by atoms with Crippen LogP contribution in [0.2, 0.25) is 0 Å². The topological polar surface area (TPSA) is 52.0 Å². The van der Waals surface area contributed by atoms with Crippen LogP contribution in [0.25, 0.3) is 11.1 Å². The van der Waals surface area contributed by atoms with Gasteiger partial charge in [-0.25, -0.2) is 0 Å². The van der Waals surface area contributed by atoms with E-state index in [-0.39, 0.29) is 11.7 Å². The Bertz CT molecular complexity index is 588. The number of hydrogen-bond acceptors (Lipinski definition) is 3. The first-order chi connectivity index (χ1) is 8.80. The first-order valence-electron chi connectivity index (χ1n) is 5.73. The van der Waals surface area contributed by atoms with E-state index in [9.17, 15) is 13.2 Å². The zero-order valence-corrected chi connectivity index (χ0v) is 10.5. The average Bonchev–Trinajstić information content (AvgIpc) is 2.70. The van der Waals surface area contributed by atoms with Gasteiger partial charge in [0, 0.05) is 5.92 Å². The van der Waals surface area contributed by atoms with Gasteiger partial charge in [0.15, 0.2) is 5.82 Å². The van der Waals surface area contributed by atoms with E-state index in [4.69, 9.17) is 10.3 Å². The van der Waals surface area contributed by atoms with Crippen LogP contribution >= 0.6 is 0 Å². The van der Waals surface area contributed by atoms with Crippen molar-refractivity contribution in [1.82, 2.24) is 5.16 Å². The highest BCUT2D eigenvalue weighted by Gasteiger charge is 2.31. The highest BCUT2D eigenvalue weighted by atomic mass is 19.4. The molecule has 2 N–H and O–H groups in total. The van der Waals surface area contributed by atoms with E-state index in [2.05, 4.69) is 5.16 Å². The number of aromatic nitrogens is 1. The number of rotatable bonds is 2. The number of benzene rings is 1. The maximum Gasteiger partial charge on any atom is 0.416 e. The second kappa shape index (κ2) is 4.60. The first-order valence-corrected chi connectivity index (χ1v) is 5.73. The van der Waals surface area contributed by atoms with E-state index in [0.717, 1.165) is 12.1 Å². The normalized spacial score (nSPS) is 12.1. The van der Waals surface area contributed by atoms with Gasteiger partial charge in [0.25, 0.3) is 0 Å². The molecule has 0 atom stereocenters. The molecule has 0 aliphatic carbocycles. The smallest absolute Gasteiger partial charge is 0.380 e. The summed E-state index contributed by atoms with van der Waals surface area (Å²) in [6, 6.07) is 4.97. The molecule has 0 saturated carbocycles. The van der Waals surface area contributed by atoms with Gasteiger partial charge in [-0.05, 0) is 17.7 Å². The number of nitrogens with zero attached hydrogens (tertiary/aromatic N) is 1. The third-order valence-electron chi connectivity index (χ3n) is 2.75. The van der Waals surface area contributed by atoms with Crippen LogP contribution in [0.15, 0.2) is 28.8 Å². The third kappa shape index (κ3) is 2.57. The maximum atomic E-state index is 12.7. The molecule has 6 heteroatoms. The summed E-state index contributed by atoms with van der Waals surface area (Å²) in [7, 11) is 0. The summed E-state index contributed by atoms with van der Waals surface area (Å²) in [5, 5.41) is 3.63. The lowest BCUT2D eigenvalue weighted by molar-refractivity contribution is -0.137. The zero-order chi connectivity index (χ0) is 14.2. The molecule has 0 unspecified atom stereocenters. The number of halogens is 3. The molecule has 1 aromatic carbocycles. The number of anilines is 1. The highest BCUT2D eigenvalue weighted by Crippen LogP contribution is 2.37. The largest absolute Gasteiger partial charge is 0.416 e. The number of nitrogens with two attached hydrogens (primary N) is 1. The Morgan fingerprint density at radius 3 is 2.53 bits per heavy atom. The van der Waals surface area contributed by atoms with Gasteiger partial charge in [-0.15, -0.1) is 0 Å². The molecule has 2 aromatic rings. The van der Waals surface area contributed by atoms with E-state index in [1.165, 1.54) is 6.07 Å². The predicted octanol–water partition coefficient (Wildman–Crippen LogP) is 4.07. The van der Waals surface area contributed by atoms with Crippen LogP contribution in [0.3, 0.4) is 0 Å². The van der Waals surface area contributed by atoms with Crippen molar-refractivity contribution in [3.05, 3.63) is 35.6 Å². The molecule has 0 aliphatic heterocycles. The lowest BCUT2D eigenvalue weighted by atomic mass is 9.98. The summed E-state index contributed by atoms with van der Waals surface area (Å²) < 4.78 is 43.2. The van der Waals surface area contributed by atoms with Crippen molar-refractivity contribution in [2.24, 2.45) is 0 Å². The molecular formula is C13H13F3N2O. The van der Waals surface area contributed by atoms with Crippen molar-refractivity contribution in [1.29, 1.82) is 0 Å². The Morgan fingerprint density at radius 1 is 1.26 bits per heavy atom. The summed E-state index contributed by atoms with van der Waals surface area (Å²) >= 11 is 0. The lowest BCUT2D eigenvalue weighted by Gasteiger charge is -2.09. The monoisotopic (exact) mass is 270 g/mol. The molecule has 0 fully saturated rings. The van der Waals surface area contributed by atoms with Gasteiger partial charge in [-0.2, -0.15) is 13.2 Å². The van der Waals surface area contributed by atoms with Gasteiger partial charge in [0.1, 0.15) is 5.76 Å². The van der Waals surface area contributed by atoms with Crippen LogP contribution in [0.1, 0.15) is 31.1 Å². The Morgan fingerprint density at radius 2 is 1.95 bits per heavy atom. The fraction of sp³-hybridized carbons (Fsp3) is 0.308.